The summed E-state index contributed by atoms with van der Waals surface area (Å²) in [5, 5.41) is 2.69. The lowest BCUT2D eigenvalue weighted by molar-refractivity contribution is -0.112. The molecule has 4 heteroatoms. The van der Waals surface area contributed by atoms with Crippen LogP contribution >= 0.6 is 0 Å². The number of nitrogens with one attached hydrogen (secondary N) is 1. The summed E-state index contributed by atoms with van der Waals surface area (Å²) >= 11 is 0. The van der Waals surface area contributed by atoms with Crippen molar-refractivity contribution in [1.82, 2.24) is 4.90 Å². The molecule has 0 bridgehead atoms. The number of hydrogen-bond acceptors (Lipinski definition) is 3. The summed E-state index contributed by atoms with van der Waals surface area (Å²) < 4.78 is 0. The zero-order valence-electron chi connectivity index (χ0n) is 12.2. The predicted molar refractivity (Wildman–Crippen MR) is 78.1 cm³/mol. The van der Waals surface area contributed by atoms with Gasteiger partial charge in [0.2, 0.25) is 0 Å². The second-order valence-electron chi connectivity index (χ2n) is 5.86. The molecule has 0 radical (unpaired) electrons. The predicted octanol–water partition coefficient (Wildman–Crippen LogP) is 2.60. The number of rotatable bonds is 2. The van der Waals surface area contributed by atoms with Gasteiger partial charge in [-0.05, 0) is 63.4 Å². The van der Waals surface area contributed by atoms with E-state index in [0.717, 1.165) is 24.2 Å². The highest BCUT2D eigenvalue weighted by molar-refractivity contribution is 6.52. The molecule has 0 saturated carbocycles. The van der Waals surface area contributed by atoms with E-state index < -0.39 is 11.7 Å². The van der Waals surface area contributed by atoms with E-state index in [1.54, 1.807) is 0 Å². The zero-order valence-corrected chi connectivity index (χ0v) is 12.2. The Morgan fingerprint density at radius 1 is 1.20 bits per heavy atom. The molecule has 1 fully saturated rings. The minimum Gasteiger partial charge on any atom is -0.318 e. The molecule has 2 heterocycles. The molecule has 1 atom stereocenters. The first-order valence-corrected chi connectivity index (χ1v) is 7.24. The number of benzene rings is 1. The third-order valence-corrected chi connectivity index (χ3v) is 4.63. The van der Waals surface area contributed by atoms with Gasteiger partial charge in [0.15, 0.2) is 0 Å². The highest BCUT2D eigenvalue weighted by Crippen LogP contribution is 2.36. The van der Waals surface area contributed by atoms with Gasteiger partial charge in [-0.2, -0.15) is 0 Å². The molecule has 1 amide bonds. The Kier molecular flexibility index (Phi) is 3.13. The topological polar surface area (TPSA) is 49.4 Å². The summed E-state index contributed by atoms with van der Waals surface area (Å²) in [6.45, 7) is 8.33. The number of Topliss-reactive ketones (excluding diaryl/α,β-unsaturated/α-hetero) is 1. The fraction of sp³-hybridized carbons (Fsp3) is 0.500. The largest absolute Gasteiger partial charge is 0.318 e. The van der Waals surface area contributed by atoms with E-state index in [0.29, 0.717) is 17.3 Å². The maximum absolute atomic E-state index is 12.0. The van der Waals surface area contributed by atoms with E-state index >= 15 is 0 Å². The summed E-state index contributed by atoms with van der Waals surface area (Å²) in [6, 6.07) is 2.42. The van der Waals surface area contributed by atoms with Crippen molar-refractivity contribution >= 4 is 17.4 Å². The minimum absolute atomic E-state index is 0.296. The van der Waals surface area contributed by atoms with Crippen molar-refractivity contribution in [2.45, 2.75) is 39.7 Å². The second-order valence-corrected chi connectivity index (χ2v) is 5.86. The van der Waals surface area contributed by atoms with Gasteiger partial charge in [-0.1, -0.05) is 6.07 Å². The Balaban J connectivity index is 2.08. The van der Waals surface area contributed by atoms with Crippen LogP contribution in [0.1, 0.15) is 52.9 Å². The molecular weight excluding hydrogens is 252 g/mol. The highest BCUT2D eigenvalue weighted by Gasteiger charge is 2.33. The quantitative estimate of drug-likeness (QED) is 0.842. The molecule has 0 spiro atoms. The third kappa shape index (κ3) is 1.86. The van der Waals surface area contributed by atoms with Crippen molar-refractivity contribution < 1.29 is 9.59 Å². The van der Waals surface area contributed by atoms with Crippen LogP contribution in [-0.2, 0) is 4.79 Å². The van der Waals surface area contributed by atoms with E-state index in [1.165, 1.54) is 18.4 Å². The summed E-state index contributed by atoms with van der Waals surface area (Å²) in [5.41, 5.74) is 4.39. The Bertz CT molecular complexity index is 601. The average Bonchev–Trinajstić information content (AvgIpc) is 3.03. The Hall–Kier alpha value is -1.68. The van der Waals surface area contributed by atoms with E-state index in [1.807, 2.05) is 13.8 Å². The van der Waals surface area contributed by atoms with Crippen molar-refractivity contribution in [1.29, 1.82) is 0 Å². The van der Waals surface area contributed by atoms with Gasteiger partial charge in [0.25, 0.3) is 11.7 Å². The fourth-order valence-electron chi connectivity index (χ4n) is 3.43. The molecule has 106 valence electrons. The van der Waals surface area contributed by atoms with Gasteiger partial charge >= 0.3 is 0 Å². The van der Waals surface area contributed by atoms with Gasteiger partial charge in [0, 0.05) is 6.04 Å². The molecule has 0 aromatic heterocycles. The third-order valence-electron chi connectivity index (χ3n) is 4.63. The van der Waals surface area contributed by atoms with Crippen LogP contribution in [-0.4, -0.2) is 29.7 Å². The van der Waals surface area contributed by atoms with Gasteiger partial charge in [-0.3, -0.25) is 14.5 Å². The highest BCUT2D eigenvalue weighted by atomic mass is 16.2. The van der Waals surface area contributed by atoms with Crippen molar-refractivity contribution in [2.24, 2.45) is 0 Å². The van der Waals surface area contributed by atoms with Crippen molar-refractivity contribution in [2.75, 3.05) is 18.4 Å². The number of ketones is 1. The zero-order chi connectivity index (χ0) is 14.4. The van der Waals surface area contributed by atoms with Gasteiger partial charge in [0.05, 0.1) is 11.3 Å². The molecule has 20 heavy (non-hydrogen) atoms. The van der Waals surface area contributed by atoms with Crippen LogP contribution in [0.2, 0.25) is 0 Å². The first kappa shape index (κ1) is 13.3. The molecule has 3 rings (SSSR count). The summed E-state index contributed by atoms with van der Waals surface area (Å²) in [4.78, 5) is 26.1. The van der Waals surface area contributed by atoms with Crippen LogP contribution in [0.25, 0.3) is 0 Å². The maximum Gasteiger partial charge on any atom is 0.296 e. The van der Waals surface area contributed by atoms with E-state index in [2.05, 4.69) is 23.2 Å². The van der Waals surface area contributed by atoms with Crippen LogP contribution in [0.15, 0.2) is 6.07 Å². The van der Waals surface area contributed by atoms with Crippen molar-refractivity contribution in [3.8, 4) is 0 Å². The monoisotopic (exact) mass is 272 g/mol. The van der Waals surface area contributed by atoms with Crippen LogP contribution in [0, 0.1) is 13.8 Å². The summed E-state index contributed by atoms with van der Waals surface area (Å²) in [7, 11) is 0. The van der Waals surface area contributed by atoms with Gasteiger partial charge in [-0.15, -0.1) is 0 Å². The lowest BCUT2D eigenvalue weighted by Gasteiger charge is -2.26. The van der Waals surface area contributed by atoms with Gasteiger partial charge in [0.1, 0.15) is 0 Å². The number of hydrogen-bond donors (Lipinski definition) is 1. The SMILES string of the molecule is Cc1cc(C(C)N2CCCC2)c(C)c2c1NC(=O)C2=O. The van der Waals surface area contributed by atoms with Crippen LogP contribution in [0.4, 0.5) is 5.69 Å². The molecule has 1 saturated heterocycles. The Morgan fingerprint density at radius 2 is 1.85 bits per heavy atom. The number of amides is 1. The molecule has 2 aliphatic rings. The number of likely N-dealkylation sites (tertiary alicyclic amines) is 1. The lowest BCUT2D eigenvalue weighted by Crippen LogP contribution is -2.24. The Morgan fingerprint density at radius 3 is 2.50 bits per heavy atom. The molecule has 0 aliphatic carbocycles. The van der Waals surface area contributed by atoms with Crippen molar-refractivity contribution in [3.05, 3.63) is 28.3 Å². The number of carbonyl (C=O) groups is 2. The van der Waals surface area contributed by atoms with Crippen LogP contribution < -0.4 is 5.32 Å². The maximum atomic E-state index is 12.0. The van der Waals surface area contributed by atoms with E-state index in [9.17, 15) is 9.59 Å². The molecule has 1 aromatic carbocycles. The molecule has 1 unspecified atom stereocenters. The van der Waals surface area contributed by atoms with Crippen LogP contribution in [0.3, 0.4) is 0 Å². The van der Waals surface area contributed by atoms with Gasteiger partial charge < -0.3 is 5.32 Å². The summed E-state index contributed by atoms with van der Waals surface area (Å²) in [6.07, 6.45) is 2.48. The molecule has 1 aromatic rings. The lowest BCUT2D eigenvalue weighted by atomic mass is 9.92. The number of carbonyl (C=O) groups excluding carboxylic acids is 2. The van der Waals surface area contributed by atoms with E-state index in [-0.39, 0.29) is 0 Å². The first-order valence-electron chi connectivity index (χ1n) is 7.24. The van der Waals surface area contributed by atoms with Crippen molar-refractivity contribution in [3.63, 3.8) is 0 Å². The fourth-order valence-corrected chi connectivity index (χ4v) is 3.43. The number of anilines is 1. The first-order chi connectivity index (χ1) is 9.50. The molecule has 1 N–H and O–H groups in total. The smallest absolute Gasteiger partial charge is 0.296 e. The second kappa shape index (κ2) is 4.70. The minimum atomic E-state index is -0.503. The Labute approximate surface area is 119 Å². The number of fused-ring (bicyclic) bond motifs is 1. The molecule has 4 nitrogen and oxygen atoms in total. The van der Waals surface area contributed by atoms with Gasteiger partial charge in [-0.25, -0.2) is 0 Å². The normalized spacial score (nSPS) is 20.1. The molecule has 2 aliphatic heterocycles. The average molecular weight is 272 g/mol. The summed E-state index contributed by atoms with van der Waals surface area (Å²) in [5.74, 6) is -0.895. The van der Waals surface area contributed by atoms with E-state index in [4.69, 9.17) is 0 Å². The standard InChI is InChI=1S/C16H20N2O2/c1-9-8-12(11(3)18-6-4-5-7-18)10(2)13-14(9)17-16(20)15(13)19/h8,11H,4-7H2,1-3H3,(H,17,19,20). The number of nitrogens with zero attached hydrogens (tertiary/aromatic N) is 1. The number of aryl methyl sites for hydroxylation is 1. The van der Waals surface area contributed by atoms with Crippen LogP contribution in [0.5, 0.6) is 0 Å². The molecular formula is C16H20N2O2.